The van der Waals surface area contributed by atoms with Gasteiger partial charge in [0.1, 0.15) is 22.8 Å². The van der Waals surface area contributed by atoms with E-state index in [2.05, 4.69) is 30.5 Å². The van der Waals surface area contributed by atoms with Gasteiger partial charge in [0.05, 0.1) is 6.10 Å². The summed E-state index contributed by atoms with van der Waals surface area (Å²) in [6.07, 6.45) is 7.75. The minimum absolute atomic E-state index is 0.188. The van der Waals surface area contributed by atoms with Gasteiger partial charge >= 0.3 is 0 Å². The van der Waals surface area contributed by atoms with Crippen LogP contribution in [0.1, 0.15) is 41.0 Å². The van der Waals surface area contributed by atoms with E-state index in [0.29, 0.717) is 21.1 Å². The zero-order valence-corrected chi connectivity index (χ0v) is 16.3. The molecular formula is C17H18N6O2S2. The van der Waals surface area contributed by atoms with Crippen molar-refractivity contribution < 1.29 is 9.53 Å². The Bertz CT molecular complexity index is 921. The summed E-state index contributed by atoms with van der Waals surface area (Å²) in [7, 11) is 0. The number of aromatic nitrogens is 5. The van der Waals surface area contributed by atoms with Crippen LogP contribution in [-0.2, 0) is 0 Å². The molecule has 4 rings (SSSR count). The molecule has 2 N–H and O–H groups in total. The number of carbonyl (C=O) groups excluding carboxylic acids is 1. The minimum atomic E-state index is -0.319. The summed E-state index contributed by atoms with van der Waals surface area (Å²) in [4.78, 5) is 26.4. The van der Waals surface area contributed by atoms with E-state index in [9.17, 15) is 4.79 Å². The van der Waals surface area contributed by atoms with Crippen LogP contribution in [0.3, 0.4) is 0 Å². The van der Waals surface area contributed by atoms with E-state index in [1.54, 1.807) is 12.3 Å². The number of hydrogen-bond donors (Lipinski definition) is 2. The van der Waals surface area contributed by atoms with Crippen LogP contribution < -0.4 is 10.1 Å². The number of carbonyl (C=O) groups is 1. The molecule has 8 nitrogen and oxygen atoms in total. The number of aryl methyl sites for hydroxylation is 1. The first-order valence-corrected chi connectivity index (χ1v) is 10.2. The molecule has 0 unspecified atom stereocenters. The largest absolute Gasteiger partial charge is 0.490 e. The first kappa shape index (κ1) is 17.9. The maximum absolute atomic E-state index is 12.7. The molecule has 0 aliphatic heterocycles. The zero-order chi connectivity index (χ0) is 18.6. The number of aromatic amines is 1. The smallest absolute Gasteiger partial charge is 0.276 e. The molecule has 1 aliphatic carbocycles. The number of hydrogen-bond acceptors (Lipinski definition) is 8. The molecule has 0 bridgehead atoms. The molecule has 1 aliphatic rings. The summed E-state index contributed by atoms with van der Waals surface area (Å²) in [6.45, 7) is 1.94. The van der Waals surface area contributed by atoms with Gasteiger partial charge in [-0.05, 0) is 44.4 Å². The van der Waals surface area contributed by atoms with Crippen molar-refractivity contribution in [2.75, 3.05) is 5.32 Å². The van der Waals surface area contributed by atoms with Crippen molar-refractivity contribution in [2.24, 2.45) is 0 Å². The fraction of sp³-hybridized carbons (Fsp3) is 0.353. The average molecular weight is 403 g/mol. The molecule has 3 aromatic heterocycles. The van der Waals surface area contributed by atoms with Gasteiger partial charge in [0.25, 0.3) is 5.91 Å². The third-order valence-electron chi connectivity index (χ3n) is 4.05. The number of pyridine rings is 1. The lowest BCUT2D eigenvalue weighted by molar-refractivity contribution is 0.102. The van der Waals surface area contributed by atoms with Gasteiger partial charge in [-0.2, -0.15) is 5.10 Å². The van der Waals surface area contributed by atoms with Crippen LogP contribution >= 0.6 is 23.1 Å². The van der Waals surface area contributed by atoms with Crippen molar-refractivity contribution in [3.8, 4) is 5.75 Å². The summed E-state index contributed by atoms with van der Waals surface area (Å²) in [5.74, 6) is 0.319. The summed E-state index contributed by atoms with van der Waals surface area (Å²) in [5, 5.41) is 11.2. The van der Waals surface area contributed by atoms with Gasteiger partial charge in [-0.3, -0.25) is 15.2 Å². The molecule has 1 amide bonds. The molecule has 0 spiro atoms. The summed E-state index contributed by atoms with van der Waals surface area (Å²) >= 11 is 2.71. The van der Waals surface area contributed by atoms with Crippen molar-refractivity contribution >= 4 is 34.1 Å². The zero-order valence-electron chi connectivity index (χ0n) is 14.6. The average Bonchev–Trinajstić information content (AvgIpc) is 3.39. The Morgan fingerprint density at radius 1 is 1.33 bits per heavy atom. The molecule has 0 saturated heterocycles. The Balaban J connectivity index is 1.58. The number of rotatable bonds is 6. The molecule has 0 atom stereocenters. The number of nitrogens with zero attached hydrogens (tertiary/aromatic N) is 4. The molecule has 0 radical (unpaired) electrons. The van der Waals surface area contributed by atoms with Gasteiger partial charge in [0.15, 0.2) is 10.3 Å². The molecule has 27 heavy (non-hydrogen) atoms. The van der Waals surface area contributed by atoms with E-state index in [4.69, 9.17) is 4.74 Å². The molecule has 3 aromatic rings. The third-order valence-corrected chi connectivity index (χ3v) is 5.69. The van der Waals surface area contributed by atoms with Crippen molar-refractivity contribution in [3.63, 3.8) is 0 Å². The van der Waals surface area contributed by atoms with Gasteiger partial charge in [0.2, 0.25) is 0 Å². The van der Waals surface area contributed by atoms with Crippen molar-refractivity contribution in [3.05, 3.63) is 35.2 Å². The summed E-state index contributed by atoms with van der Waals surface area (Å²) in [6, 6.07) is 3.51. The quantitative estimate of drug-likeness (QED) is 0.648. The predicted octanol–water partition coefficient (Wildman–Crippen LogP) is 3.69. The van der Waals surface area contributed by atoms with Crippen molar-refractivity contribution in [1.29, 1.82) is 0 Å². The van der Waals surface area contributed by atoms with E-state index >= 15 is 0 Å². The van der Waals surface area contributed by atoms with Crippen molar-refractivity contribution in [1.82, 2.24) is 25.1 Å². The number of nitrogens with one attached hydrogen (secondary N) is 2. The molecular weight excluding hydrogens is 384 g/mol. The highest BCUT2D eigenvalue weighted by Gasteiger charge is 2.19. The van der Waals surface area contributed by atoms with E-state index in [0.717, 1.165) is 17.7 Å². The molecule has 1 fully saturated rings. The monoisotopic (exact) mass is 402 g/mol. The highest BCUT2D eigenvalue weighted by molar-refractivity contribution is 7.99. The Hall–Kier alpha value is -2.46. The van der Waals surface area contributed by atoms with Gasteiger partial charge in [0, 0.05) is 23.2 Å². The minimum Gasteiger partial charge on any atom is -0.490 e. The topological polar surface area (TPSA) is 106 Å². The number of amides is 1. The second-order valence-corrected chi connectivity index (χ2v) is 8.42. The highest BCUT2D eigenvalue weighted by Crippen LogP contribution is 2.30. The van der Waals surface area contributed by atoms with Crippen LogP contribution in [0.2, 0.25) is 0 Å². The molecule has 3 heterocycles. The van der Waals surface area contributed by atoms with Gasteiger partial charge in [-0.25, -0.2) is 15.0 Å². The normalized spacial score (nSPS) is 14.4. The van der Waals surface area contributed by atoms with Gasteiger partial charge in [-0.1, -0.05) is 0 Å². The van der Waals surface area contributed by atoms with Crippen LogP contribution in [0.5, 0.6) is 5.75 Å². The lowest BCUT2D eigenvalue weighted by atomic mass is 10.3. The lowest BCUT2D eigenvalue weighted by Gasteiger charge is -2.14. The maximum atomic E-state index is 12.7. The molecule has 0 aromatic carbocycles. The van der Waals surface area contributed by atoms with Crippen LogP contribution in [-0.4, -0.2) is 37.2 Å². The predicted molar refractivity (Wildman–Crippen MR) is 102 cm³/mol. The summed E-state index contributed by atoms with van der Waals surface area (Å²) in [5.41, 5.74) is 0.278. The van der Waals surface area contributed by atoms with Gasteiger partial charge in [-0.15, -0.1) is 11.3 Å². The Morgan fingerprint density at radius 3 is 2.89 bits per heavy atom. The van der Waals surface area contributed by atoms with Crippen molar-refractivity contribution in [2.45, 2.75) is 48.9 Å². The first-order chi connectivity index (χ1) is 13.2. The highest BCUT2D eigenvalue weighted by atomic mass is 32.2. The van der Waals surface area contributed by atoms with E-state index < -0.39 is 0 Å². The number of anilines is 1. The van der Waals surface area contributed by atoms with E-state index in [-0.39, 0.29) is 17.7 Å². The SMILES string of the molecule is Cc1cnc(NC(=O)c2cc(OC3CCCC3)cc(Sc3ncn[nH]3)n2)s1. The fourth-order valence-corrected chi connectivity index (χ4v) is 4.21. The van der Waals surface area contributed by atoms with Gasteiger partial charge < -0.3 is 4.74 Å². The second-order valence-electron chi connectivity index (χ2n) is 6.17. The maximum Gasteiger partial charge on any atom is 0.276 e. The number of H-pyrrole nitrogens is 1. The molecule has 140 valence electrons. The Kier molecular flexibility index (Phi) is 5.35. The van der Waals surface area contributed by atoms with Crippen LogP contribution in [0.4, 0.5) is 5.13 Å². The Morgan fingerprint density at radius 2 is 2.19 bits per heavy atom. The second kappa shape index (κ2) is 8.05. The van der Waals surface area contributed by atoms with Crippen LogP contribution in [0, 0.1) is 6.92 Å². The Labute approximate surface area is 164 Å². The van der Waals surface area contributed by atoms with E-state index in [1.165, 1.54) is 42.3 Å². The molecule has 1 saturated carbocycles. The lowest BCUT2D eigenvalue weighted by Crippen LogP contribution is -2.16. The number of thiazole rings is 1. The fourth-order valence-electron chi connectivity index (χ4n) is 2.83. The first-order valence-electron chi connectivity index (χ1n) is 8.61. The van der Waals surface area contributed by atoms with E-state index in [1.807, 2.05) is 13.0 Å². The third kappa shape index (κ3) is 4.64. The molecule has 10 heteroatoms. The van der Waals surface area contributed by atoms with Crippen LogP contribution in [0.25, 0.3) is 0 Å². The number of ether oxygens (including phenoxy) is 1. The van der Waals surface area contributed by atoms with Crippen LogP contribution in [0.15, 0.2) is 34.8 Å². The summed E-state index contributed by atoms with van der Waals surface area (Å²) < 4.78 is 6.09. The standard InChI is InChI=1S/C17H18N6O2S2/c1-10-8-18-16(26-10)22-15(24)13-6-12(25-11-4-2-3-5-11)7-14(21-13)27-17-19-9-20-23-17/h6-9,11H,2-5H2,1H3,(H,18,22,24)(H,19,20,23).